The summed E-state index contributed by atoms with van der Waals surface area (Å²) in [5, 5.41) is 3.54. The summed E-state index contributed by atoms with van der Waals surface area (Å²) < 4.78 is 1.19. The minimum absolute atomic E-state index is 0.969. The fourth-order valence-electron chi connectivity index (χ4n) is 2.55. The normalized spacial score (nSPS) is 17.6. The first-order chi connectivity index (χ1) is 9.65. The van der Waals surface area contributed by atoms with Crippen LogP contribution in [0.1, 0.15) is 17.5 Å². The summed E-state index contributed by atoms with van der Waals surface area (Å²) in [6, 6.07) is 6.57. The molecule has 0 spiro atoms. The average Bonchev–Trinajstić information content (AvgIpc) is 2.44. The summed E-state index contributed by atoms with van der Waals surface area (Å²) in [6.07, 6.45) is 1.24. The molecule has 20 heavy (non-hydrogen) atoms. The SMILES string of the molecule is Cc1cc(CNCCCN2CCN(C)CC2)ccc1Br. The molecule has 0 aromatic heterocycles. The van der Waals surface area contributed by atoms with Gasteiger partial charge in [0, 0.05) is 37.2 Å². The van der Waals surface area contributed by atoms with Crippen LogP contribution in [0.25, 0.3) is 0 Å². The van der Waals surface area contributed by atoms with Crippen molar-refractivity contribution in [1.82, 2.24) is 15.1 Å². The second-order valence-electron chi connectivity index (χ2n) is 5.76. The van der Waals surface area contributed by atoms with E-state index >= 15 is 0 Å². The lowest BCUT2D eigenvalue weighted by molar-refractivity contribution is 0.153. The number of nitrogens with zero attached hydrogens (tertiary/aromatic N) is 2. The van der Waals surface area contributed by atoms with Crippen LogP contribution in [0.3, 0.4) is 0 Å². The molecule has 0 atom stereocenters. The standard InChI is InChI=1S/C16H26BrN3/c1-14-12-15(4-5-16(14)17)13-18-6-3-7-20-10-8-19(2)9-11-20/h4-5,12,18H,3,6-11,13H2,1-2H3. The van der Waals surface area contributed by atoms with Crippen molar-refractivity contribution in [3.8, 4) is 0 Å². The zero-order chi connectivity index (χ0) is 14.4. The monoisotopic (exact) mass is 339 g/mol. The summed E-state index contributed by atoms with van der Waals surface area (Å²) in [4.78, 5) is 4.98. The maximum absolute atomic E-state index is 3.54. The number of likely N-dealkylation sites (N-methyl/N-ethyl adjacent to an activating group) is 1. The van der Waals surface area contributed by atoms with Gasteiger partial charge < -0.3 is 15.1 Å². The van der Waals surface area contributed by atoms with Gasteiger partial charge in [0.15, 0.2) is 0 Å². The van der Waals surface area contributed by atoms with Crippen molar-refractivity contribution < 1.29 is 0 Å². The molecule has 1 aromatic carbocycles. The molecule has 0 aliphatic carbocycles. The summed E-state index contributed by atoms with van der Waals surface area (Å²) >= 11 is 3.54. The van der Waals surface area contributed by atoms with Crippen molar-refractivity contribution in [3.63, 3.8) is 0 Å². The smallest absolute Gasteiger partial charge is 0.0205 e. The number of benzene rings is 1. The van der Waals surface area contributed by atoms with Gasteiger partial charge in [-0.05, 0) is 50.7 Å². The molecule has 0 saturated carbocycles. The van der Waals surface area contributed by atoms with Gasteiger partial charge >= 0.3 is 0 Å². The first-order valence-corrected chi connectivity index (χ1v) is 8.31. The molecule has 2 rings (SSSR count). The molecule has 1 aliphatic rings. The average molecular weight is 340 g/mol. The first kappa shape index (κ1) is 16.0. The molecule has 1 N–H and O–H groups in total. The Kier molecular flexibility index (Phi) is 6.49. The van der Waals surface area contributed by atoms with E-state index in [0.29, 0.717) is 0 Å². The van der Waals surface area contributed by atoms with Gasteiger partial charge in [0.2, 0.25) is 0 Å². The molecule has 112 valence electrons. The van der Waals surface area contributed by atoms with Crippen LogP contribution < -0.4 is 5.32 Å². The van der Waals surface area contributed by atoms with Gasteiger partial charge in [-0.15, -0.1) is 0 Å². The molecule has 1 aliphatic heterocycles. The lowest BCUT2D eigenvalue weighted by Gasteiger charge is -2.32. The highest BCUT2D eigenvalue weighted by molar-refractivity contribution is 9.10. The van der Waals surface area contributed by atoms with Gasteiger partial charge in [-0.25, -0.2) is 0 Å². The van der Waals surface area contributed by atoms with Crippen molar-refractivity contribution in [2.75, 3.05) is 46.3 Å². The fourth-order valence-corrected chi connectivity index (χ4v) is 2.80. The summed E-state index contributed by atoms with van der Waals surface area (Å²) in [5.74, 6) is 0. The lowest BCUT2D eigenvalue weighted by atomic mass is 10.1. The van der Waals surface area contributed by atoms with Crippen LogP contribution in [-0.2, 0) is 6.54 Å². The van der Waals surface area contributed by atoms with Crippen LogP contribution in [0.5, 0.6) is 0 Å². The number of rotatable bonds is 6. The van der Waals surface area contributed by atoms with Crippen LogP contribution in [0.2, 0.25) is 0 Å². The Balaban J connectivity index is 1.58. The predicted octanol–water partition coefficient (Wildman–Crippen LogP) is 2.48. The number of nitrogens with one attached hydrogen (secondary N) is 1. The molecule has 0 radical (unpaired) electrons. The van der Waals surface area contributed by atoms with E-state index in [9.17, 15) is 0 Å². The number of aryl methyl sites for hydroxylation is 1. The fraction of sp³-hybridized carbons (Fsp3) is 0.625. The minimum atomic E-state index is 0.969. The molecule has 0 bridgehead atoms. The number of hydrogen-bond acceptors (Lipinski definition) is 3. The molecule has 0 unspecified atom stereocenters. The van der Waals surface area contributed by atoms with Crippen LogP contribution in [0.4, 0.5) is 0 Å². The van der Waals surface area contributed by atoms with Crippen molar-refractivity contribution in [2.45, 2.75) is 19.9 Å². The van der Waals surface area contributed by atoms with E-state index < -0.39 is 0 Å². The van der Waals surface area contributed by atoms with E-state index in [0.717, 1.165) is 13.1 Å². The van der Waals surface area contributed by atoms with Gasteiger partial charge in [-0.1, -0.05) is 28.1 Å². The Labute approximate surface area is 131 Å². The van der Waals surface area contributed by atoms with Crippen LogP contribution >= 0.6 is 15.9 Å². The largest absolute Gasteiger partial charge is 0.313 e. The number of piperazine rings is 1. The van der Waals surface area contributed by atoms with E-state index in [-0.39, 0.29) is 0 Å². The molecule has 1 fully saturated rings. The summed E-state index contributed by atoms with van der Waals surface area (Å²) in [6.45, 7) is 10.3. The predicted molar refractivity (Wildman–Crippen MR) is 89.1 cm³/mol. The number of halogens is 1. The lowest BCUT2D eigenvalue weighted by Crippen LogP contribution is -2.45. The van der Waals surface area contributed by atoms with E-state index in [1.807, 2.05) is 0 Å². The number of hydrogen-bond donors (Lipinski definition) is 1. The third-order valence-corrected chi connectivity index (χ3v) is 4.87. The van der Waals surface area contributed by atoms with Crippen molar-refractivity contribution in [1.29, 1.82) is 0 Å². The highest BCUT2D eigenvalue weighted by Crippen LogP contribution is 2.16. The Bertz CT molecular complexity index is 414. The zero-order valence-electron chi connectivity index (χ0n) is 12.7. The molecule has 1 saturated heterocycles. The summed E-state index contributed by atoms with van der Waals surface area (Å²) in [5.41, 5.74) is 2.67. The molecule has 1 heterocycles. The molecular formula is C16H26BrN3. The Morgan fingerprint density at radius 2 is 1.95 bits per heavy atom. The molecule has 1 aromatic rings. The van der Waals surface area contributed by atoms with E-state index in [2.05, 4.69) is 63.2 Å². The highest BCUT2D eigenvalue weighted by Gasteiger charge is 2.12. The maximum Gasteiger partial charge on any atom is 0.0205 e. The highest BCUT2D eigenvalue weighted by atomic mass is 79.9. The van der Waals surface area contributed by atoms with Crippen molar-refractivity contribution in [3.05, 3.63) is 33.8 Å². The van der Waals surface area contributed by atoms with Crippen molar-refractivity contribution >= 4 is 15.9 Å². The Morgan fingerprint density at radius 3 is 2.65 bits per heavy atom. The minimum Gasteiger partial charge on any atom is -0.313 e. The van der Waals surface area contributed by atoms with Crippen LogP contribution in [-0.4, -0.2) is 56.1 Å². The van der Waals surface area contributed by atoms with Gasteiger partial charge in [-0.3, -0.25) is 0 Å². The van der Waals surface area contributed by atoms with Gasteiger partial charge in [0.1, 0.15) is 0 Å². The quantitative estimate of drug-likeness (QED) is 0.803. The second kappa shape index (κ2) is 8.13. The molecule has 4 heteroatoms. The van der Waals surface area contributed by atoms with E-state index in [1.54, 1.807) is 0 Å². The zero-order valence-corrected chi connectivity index (χ0v) is 14.2. The van der Waals surface area contributed by atoms with Crippen LogP contribution in [0.15, 0.2) is 22.7 Å². The van der Waals surface area contributed by atoms with Crippen LogP contribution in [0, 0.1) is 6.92 Å². The third kappa shape index (κ3) is 5.17. The molecular weight excluding hydrogens is 314 g/mol. The maximum atomic E-state index is 3.54. The second-order valence-corrected chi connectivity index (χ2v) is 6.61. The Morgan fingerprint density at radius 1 is 1.20 bits per heavy atom. The van der Waals surface area contributed by atoms with E-state index in [4.69, 9.17) is 0 Å². The van der Waals surface area contributed by atoms with Gasteiger partial charge in [0.25, 0.3) is 0 Å². The molecule has 3 nitrogen and oxygen atoms in total. The summed E-state index contributed by atoms with van der Waals surface area (Å²) in [7, 11) is 2.21. The topological polar surface area (TPSA) is 18.5 Å². The van der Waals surface area contributed by atoms with Crippen molar-refractivity contribution in [2.24, 2.45) is 0 Å². The van der Waals surface area contributed by atoms with Gasteiger partial charge in [0.05, 0.1) is 0 Å². The third-order valence-electron chi connectivity index (χ3n) is 3.98. The van der Waals surface area contributed by atoms with Gasteiger partial charge in [-0.2, -0.15) is 0 Å². The van der Waals surface area contributed by atoms with E-state index in [1.165, 1.54) is 54.7 Å². The first-order valence-electron chi connectivity index (χ1n) is 7.52. The molecule has 0 amide bonds. The Hall–Kier alpha value is -0.420.